The fourth-order valence-electron chi connectivity index (χ4n) is 2.50. The molecule has 1 N–H and O–H groups in total. The van der Waals surface area contributed by atoms with E-state index in [4.69, 9.17) is 11.6 Å². The first-order chi connectivity index (χ1) is 10.1. The summed E-state index contributed by atoms with van der Waals surface area (Å²) in [5.74, 6) is 0. The maximum Gasteiger partial charge on any atom is 0.0931 e. The Morgan fingerprint density at radius 2 is 2.05 bits per heavy atom. The molecule has 0 bridgehead atoms. The van der Waals surface area contributed by atoms with Gasteiger partial charge in [0.1, 0.15) is 0 Å². The van der Waals surface area contributed by atoms with Gasteiger partial charge < -0.3 is 9.88 Å². The van der Waals surface area contributed by atoms with E-state index in [1.807, 2.05) is 6.07 Å². The van der Waals surface area contributed by atoms with Crippen LogP contribution in [0.2, 0.25) is 4.34 Å². The lowest BCUT2D eigenvalue weighted by atomic mass is 10.1. The fraction of sp³-hybridized carbons (Fsp3) is 0.294. The molecule has 2 heterocycles. The predicted molar refractivity (Wildman–Crippen MR) is 92.3 cm³/mol. The maximum atomic E-state index is 6.02. The van der Waals surface area contributed by atoms with Crippen LogP contribution in [-0.2, 0) is 13.1 Å². The van der Waals surface area contributed by atoms with Gasteiger partial charge in [-0.15, -0.1) is 11.3 Å². The number of rotatable bonds is 5. The van der Waals surface area contributed by atoms with Gasteiger partial charge in [0.05, 0.1) is 10.9 Å². The molecule has 3 rings (SSSR count). The summed E-state index contributed by atoms with van der Waals surface area (Å²) < 4.78 is 3.14. The Hall–Kier alpha value is -1.29. The van der Waals surface area contributed by atoms with Crippen molar-refractivity contribution in [3.05, 3.63) is 57.4 Å². The zero-order valence-corrected chi connectivity index (χ0v) is 13.8. The van der Waals surface area contributed by atoms with Crippen LogP contribution in [0.15, 0.2) is 42.6 Å². The average Bonchev–Trinajstić information content (AvgIpc) is 3.04. The van der Waals surface area contributed by atoms with Crippen molar-refractivity contribution in [2.24, 2.45) is 0 Å². The van der Waals surface area contributed by atoms with E-state index in [-0.39, 0.29) is 0 Å². The van der Waals surface area contributed by atoms with E-state index in [0.29, 0.717) is 6.04 Å². The highest BCUT2D eigenvalue weighted by Gasteiger charge is 2.07. The molecule has 0 aliphatic rings. The van der Waals surface area contributed by atoms with Gasteiger partial charge in [0, 0.05) is 34.6 Å². The van der Waals surface area contributed by atoms with E-state index >= 15 is 0 Å². The van der Waals surface area contributed by atoms with Gasteiger partial charge in [-0.3, -0.25) is 0 Å². The monoisotopic (exact) mass is 318 g/mol. The minimum absolute atomic E-state index is 0.496. The summed E-state index contributed by atoms with van der Waals surface area (Å²) in [6, 6.07) is 13.3. The number of fused-ring (bicyclic) bond motifs is 1. The Morgan fingerprint density at radius 1 is 1.19 bits per heavy atom. The molecule has 2 aromatic heterocycles. The van der Waals surface area contributed by atoms with Crippen molar-refractivity contribution in [2.45, 2.75) is 33.0 Å². The van der Waals surface area contributed by atoms with E-state index in [9.17, 15) is 0 Å². The number of benzene rings is 1. The molecule has 0 aliphatic heterocycles. The average molecular weight is 319 g/mol. The van der Waals surface area contributed by atoms with Crippen molar-refractivity contribution in [1.29, 1.82) is 0 Å². The maximum absolute atomic E-state index is 6.02. The smallest absolute Gasteiger partial charge is 0.0931 e. The van der Waals surface area contributed by atoms with Gasteiger partial charge >= 0.3 is 0 Å². The second-order valence-corrected chi connectivity index (χ2v) is 7.33. The summed E-state index contributed by atoms with van der Waals surface area (Å²) in [4.78, 5) is 1.28. The van der Waals surface area contributed by atoms with Crippen molar-refractivity contribution in [3.63, 3.8) is 0 Å². The normalized spacial score (nSPS) is 11.6. The van der Waals surface area contributed by atoms with E-state index in [1.165, 1.54) is 21.3 Å². The van der Waals surface area contributed by atoms with Crippen LogP contribution in [0.1, 0.15) is 24.3 Å². The van der Waals surface area contributed by atoms with Crippen molar-refractivity contribution in [3.8, 4) is 0 Å². The molecule has 1 aromatic carbocycles. The Bertz CT molecular complexity index is 742. The van der Waals surface area contributed by atoms with Gasteiger partial charge in [0.15, 0.2) is 0 Å². The second-order valence-electron chi connectivity index (χ2n) is 5.53. The van der Waals surface area contributed by atoms with Crippen LogP contribution in [0.25, 0.3) is 10.9 Å². The van der Waals surface area contributed by atoms with E-state index < -0.39 is 0 Å². The Balaban J connectivity index is 1.89. The van der Waals surface area contributed by atoms with Crippen LogP contribution in [-0.4, -0.2) is 10.6 Å². The molecule has 2 nitrogen and oxygen atoms in total. The summed E-state index contributed by atoms with van der Waals surface area (Å²) >= 11 is 7.66. The van der Waals surface area contributed by atoms with Crippen LogP contribution in [0.4, 0.5) is 0 Å². The van der Waals surface area contributed by atoms with Gasteiger partial charge in [-0.1, -0.05) is 37.6 Å². The highest BCUT2D eigenvalue weighted by molar-refractivity contribution is 7.16. The highest BCUT2D eigenvalue weighted by Crippen LogP contribution is 2.25. The number of nitrogens with zero attached hydrogens (tertiary/aromatic N) is 1. The molecule has 0 fully saturated rings. The lowest BCUT2D eigenvalue weighted by molar-refractivity contribution is 0.590. The van der Waals surface area contributed by atoms with E-state index in [1.54, 1.807) is 11.3 Å². The topological polar surface area (TPSA) is 17.0 Å². The number of halogens is 1. The highest BCUT2D eigenvalue weighted by atomic mass is 35.5. The van der Waals surface area contributed by atoms with Gasteiger partial charge in [0.2, 0.25) is 0 Å². The Kier molecular flexibility index (Phi) is 4.34. The summed E-state index contributed by atoms with van der Waals surface area (Å²) in [5, 5.41) is 4.82. The third kappa shape index (κ3) is 3.31. The number of thiophene rings is 1. The van der Waals surface area contributed by atoms with E-state index in [0.717, 1.165) is 17.4 Å². The van der Waals surface area contributed by atoms with Gasteiger partial charge in [-0.25, -0.2) is 0 Å². The SMILES string of the molecule is CC(C)NCc1cccc2c1ccn2Cc1ccc(Cl)s1. The molecule has 21 heavy (non-hydrogen) atoms. The summed E-state index contributed by atoms with van der Waals surface area (Å²) in [6.45, 7) is 6.13. The number of aromatic nitrogens is 1. The second kappa shape index (κ2) is 6.22. The minimum atomic E-state index is 0.496. The number of hydrogen-bond acceptors (Lipinski definition) is 2. The first kappa shape index (κ1) is 14.6. The fourth-order valence-corrected chi connectivity index (χ4v) is 3.58. The van der Waals surface area contributed by atoms with Gasteiger partial charge in [-0.05, 0) is 29.8 Å². The summed E-state index contributed by atoms with van der Waals surface area (Å²) in [6.07, 6.45) is 2.16. The molecule has 0 radical (unpaired) electrons. The molecule has 0 amide bonds. The molecule has 3 aromatic rings. The van der Waals surface area contributed by atoms with Crippen LogP contribution in [0.3, 0.4) is 0 Å². The largest absolute Gasteiger partial charge is 0.342 e. The van der Waals surface area contributed by atoms with Gasteiger partial charge in [0.25, 0.3) is 0 Å². The lowest BCUT2D eigenvalue weighted by Crippen LogP contribution is -2.21. The minimum Gasteiger partial charge on any atom is -0.342 e. The van der Waals surface area contributed by atoms with Crippen LogP contribution in [0.5, 0.6) is 0 Å². The molecular weight excluding hydrogens is 300 g/mol. The molecule has 0 saturated carbocycles. The van der Waals surface area contributed by atoms with Crippen LogP contribution < -0.4 is 5.32 Å². The Labute approximate surface area is 134 Å². The first-order valence-corrected chi connectivity index (χ1v) is 8.37. The molecule has 4 heteroatoms. The molecule has 0 saturated heterocycles. The molecule has 0 unspecified atom stereocenters. The summed E-state index contributed by atoms with van der Waals surface area (Å²) in [5.41, 5.74) is 2.63. The predicted octanol–water partition coefficient (Wildman–Crippen LogP) is 4.90. The molecule has 110 valence electrons. The van der Waals surface area contributed by atoms with Crippen molar-refractivity contribution in [1.82, 2.24) is 9.88 Å². The van der Waals surface area contributed by atoms with Crippen molar-refractivity contribution >= 4 is 33.8 Å². The van der Waals surface area contributed by atoms with Crippen LogP contribution in [0, 0.1) is 0 Å². The van der Waals surface area contributed by atoms with Gasteiger partial charge in [-0.2, -0.15) is 0 Å². The quantitative estimate of drug-likeness (QED) is 0.708. The lowest BCUT2D eigenvalue weighted by Gasteiger charge is -2.10. The first-order valence-electron chi connectivity index (χ1n) is 7.18. The van der Waals surface area contributed by atoms with Crippen LogP contribution >= 0.6 is 22.9 Å². The standard InChI is InChI=1S/C17H19ClN2S/c1-12(2)19-10-13-4-3-5-16-15(13)8-9-20(16)11-14-6-7-17(18)21-14/h3-9,12,19H,10-11H2,1-2H3. The zero-order chi connectivity index (χ0) is 14.8. The van der Waals surface area contributed by atoms with E-state index in [2.05, 4.69) is 60.3 Å². The number of hydrogen-bond donors (Lipinski definition) is 1. The molecule has 0 aliphatic carbocycles. The van der Waals surface area contributed by atoms with Crippen molar-refractivity contribution in [2.75, 3.05) is 0 Å². The van der Waals surface area contributed by atoms with Crippen molar-refractivity contribution < 1.29 is 0 Å². The zero-order valence-electron chi connectivity index (χ0n) is 12.3. The third-order valence-electron chi connectivity index (χ3n) is 3.56. The Morgan fingerprint density at radius 3 is 2.76 bits per heavy atom. The number of nitrogens with one attached hydrogen (secondary N) is 1. The molecule has 0 atom stereocenters. The third-order valence-corrected chi connectivity index (χ3v) is 4.78. The molecule has 0 spiro atoms. The summed E-state index contributed by atoms with van der Waals surface area (Å²) in [7, 11) is 0. The molecular formula is C17H19ClN2S.